The zero-order valence-corrected chi connectivity index (χ0v) is 20.8. The fourth-order valence-electron chi connectivity index (χ4n) is 4.11. The van der Waals surface area contributed by atoms with Crippen molar-refractivity contribution in [2.45, 2.75) is 19.6 Å². The number of anilines is 1. The van der Waals surface area contributed by atoms with Crippen LogP contribution in [0, 0.1) is 11.8 Å². The van der Waals surface area contributed by atoms with Crippen molar-refractivity contribution < 1.29 is 27.4 Å². The second-order valence-corrected chi connectivity index (χ2v) is 7.85. The van der Waals surface area contributed by atoms with Gasteiger partial charge in [0, 0.05) is 45.5 Å². The molecule has 0 bridgehead atoms. The number of halogens is 4. The quantitative estimate of drug-likeness (QED) is 0.260. The molecule has 2 saturated heterocycles. The number of alkyl halides is 3. The van der Waals surface area contributed by atoms with E-state index in [9.17, 15) is 18.0 Å². The minimum Gasteiger partial charge on any atom is -0.469 e. The fourth-order valence-corrected chi connectivity index (χ4v) is 4.11. The van der Waals surface area contributed by atoms with Crippen molar-refractivity contribution in [1.82, 2.24) is 10.2 Å². The molecule has 1 N–H and O–H groups in total. The molecule has 7 nitrogen and oxygen atoms in total. The van der Waals surface area contributed by atoms with Gasteiger partial charge in [0.1, 0.15) is 0 Å². The molecule has 2 heterocycles. The summed E-state index contributed by atoms with van der Waals surface area (Å²) in [4.78, 5) is 19.9. The molecule has 1 aromatic rings. The van der Waals surface area contributed by atoms with Gasteiger partial charge >= 0.3 is 12.1 Å². The number of benzene rings is 1. The highest BCUT2D eigenvalue weighted by molar-refractivity contribution is 14.0. The normalized spacial score (nSPS) is 21.9. The van der Waals surface area contributed by atoms with Crippen molar-refractivity contribution in [2.24, 2.45) is 16.8 Å². The van der Waals surface area contributed by atoms with Crippen LogP contribution in [0.25, 0.3) is 0 Å². The minimum atomic E-state index is -4.47. The third-order valence-electron chi connectivity index (χ3n) is 5.84. The Hall–Kier alpha value is -1.76. The molecule has 0 amide bonds. The number of nitrogens with one attached hydrogen (secondary N) is 1. The van der Waals surface area contributed by atoms with Gasteiger partial charge in [0.15, 0.2) is 5.96 Å². The molecule has 180 valence electrons. The number of guanidine groups is 1. The van der Waals surface area contributed by atoms with Gasteiger partial charge < -0.3 is 24.6 Å². The summed E-state index contributed by atoms with van der Waals surface area (Å²) in [5, 5.41) is 3.03. The van der Waals surface area contributed by atoms with E-state index in [0.717, 1.165) is 0 Å². The molecule has 2 aliphatic rings. The summed E-state index contributed by atoms with van der Waals surface area (Å²) in [7, 11) is 2.93. The first-order valence-electron chi connectivity index (χ1n) is 10.3. The van der Waals surface area contributed by atoms with E-state index in [2.05, 4.69) is 10.3 Å². The molecule has 32 heavy (non-hydrogen) atoms. The Bertz CT molecular complexity index is 816. The summed E-state index contributed by atoms with van der Waals surface area (Å²) < 4.78 is 51.4. The van der Waals surface area contributed by atoms with Crippen molar-refractivity contribution >= 4 is 41.6 Å². The van der Waals surface area contributed by atoms with Crippen LogP contribution in [0.4, 0.5) is 18.9 Å². The van der Waals surface area contributed by atoms with Crippen LogP contribution in [-0.4, -0.2) is 70.4 Å². The van der Waals surface area contributed by atoms with Crippen molar-refractivity contribution in [1.29, 1.82) is 0 Å². The first-order chi connectivity index (χ1) is 14.7. The second-order valence-electron chi connectivity index (χ2n) is 7.85. The third kappa shape index (κ3) is 6.18. The molecule has 0 saturated carbocycles. The molecule has 2 fully saturated rings. The Kier molecular flexibility index (Phi) is 9.43. The summed E-state index contributed by atoms with van der Waals surface area (Å²) in [5.41, 5.74) is 0.0159. The smallest absolute Gasteiger partial charge is 0.416 e. The van der Waals surface area contributed by atoms with E-state index in [4.69, 9.17) is 9.47 Å². The van der Waals surface area contributed by atoms with Crippen molar-refractivity contribution in [3.8, 4) is 0 Å². The monoisotopic (exact) mass is 570 g/mol. The fraction of sp³-hybridized carbons (Fsp3) is 0.619. The van der Waals surface area contributed by atoms with E-state index in [-0.39, 0.29) is 53.9 Å². The van der Waals surface area contributed by atoms with Gasteiger partial charge in [0.05, 0.1) is 31.8 Å². The van der Waals surface area contributed by atoms with Gasteiger partial charge in [-0.05, 0) is 23.6 Å². The number of morpholine rings is 1. The predicted octanol–water partition coefficient (Wildman–Crippen LogP) is 2.98. The third-order valence-corrected chi connectivity index (χ3v) is 5.84. The number of carbonyl (C=O) groups is 1. The Morgan fingerprint density at radius 3 is 2.56 bits per heavy atom. The lowest BCUT2D eigenvalue weighted by molar-refractivity contribution is -0.146. The Labute approximate surface area is 203 Å². The van der Waals surface area contributed by atoms with Crippen LogP contribution in [0.15, 0.2) is 23.2 Å². The molecular formula is C21H30F3IN4O3. The lowest BCUT2D eigenvalue weighted by Gasteiger charge is -2.30. The van der Waals surface area contributed by atoms with Gasteiger partial charge in [-0.1, -0.05) is 13.0 Å². The van der Waals surface area contributed by atoms with E-state index < -0.39 is 11.7 Å². The highest BCUT2D eigenvalue weighted by atomic mass is 127. The standard InChI is InChI=1S/C21H29F3N4O3.HI/c1-14-12-28(13-17(14)19(29)30-3)20(25-2)26-11-15-4-5-16(10-18(15)21(22,23)24)27-6-8-31-9-7-27;/h4-5,10,14,17H,6-9,11-13H2,1-3H3,(H,25,26);1H. The maximum atomic E-state index is 13.8. The number of hydrogen-bond acceptors (Lipinski definition) is 5. The number of carbonyl (C=O) groups excluding carboxylic acids is 1. The molecule has 3 rings (SSSR count). The van der Waals surface area contributed by atoms with Crippen molar-refractivity contribution in [3.63, 3.8) is 0 Å². The van der Waals surface area contributed by atoms with Crippen LogP contribution >= 0.6 is 24.0 Å². The molecule has 11 heteroatoms. The van der Waals surface area contributed by atoms with Gasteiger partial charge in [-0.2, -0.15) is 13.2 Å². The Morgan fingerprint density at radius 2 is 1.97 bits per heavy atom. The highest BCUT2D eigenvalue weighted by Crippen LogP contribution is 2.35. The summed E-state index contributed by atoms with van der Waals surface area (Å²) in [6.45, 7) is 5.03. The van der Waals surface area contributed by atoms with Crippen LogP contribution in [0.1, 0.15) is 18.1 Å². The van der Waals surface area contributed by atoms with Gasteiger partial charge in [-0.3, -0.25) is 9.79 Å². The molecule has 1 aromatic carbocycles. The SMILES string of the molecule is CN=C(NCc1ccc(N2CCOCC2)cc1C(F)(F)F)N1CC(C)C(C(=O)OC)C1.I. The number of methoxy groups -OCH3 is 1. The van der Waals surface area contributed by atoms with E-state index in [1.54, 1.807) is 13.1 Å². The maximum absolute atomic E-state index is 13.8. The summed E-state index contributed by atoms with van der Waals surface area (Å²) in [6, 6.07) is 4.43. The van der Waals surface area contributed by atoms with E-state index in [1.165, 1.54) is 19.2 Å². The Morgan fingerprint density at radius 1 is 1.28 bits per heavy atom. The zero-order chi connectivity index (χ0) is 22.6. The number of ether oxygens (including phenoxy) is 2. The van der Waals surface area contributed by atoms with Crippen LogP contribution < -0.4 is 10.2 Å². The van der Waals surface area contributed by atoms with Crippen LogP contribution in [-0.2, 0) is 27.0 Å². The lowest BCUT2D eigenvalue weighted by atomic mass is 9.99. The van der Waals surface area contributed by atoms with Crippen LogP contribution in [0.2, 0.25) is 0 Å². The first-order valence-corrected chi connectivity index (χ1v) is 10.3. The average Bonchev–Trinajstić information content (AvgIpc) is 3.15. The van der Waals surface area contributed by atoms with Crippen molar-refractivity contribution in [3.05, 3.63) is 29.3 Å². The summed E-state index contributed by atoms with van der Waals surface area (Å²) >= 11 is 0. The summed E-state index contributed by atoms with van der Waals surface area (Å²) in [6.07, 6.45) is -4.47. The van der Waals surface area contributed by atoms with E-state index >= 15 is 0 Å². The zero-order valence-electron chi connectivity index (χ0n) is 18.4. The maximum Gasteiger partial charge on any atom is 0.416 e. The molecule has 2 unspecified atom stereocenters. The predicted molar refractivity (Wildman–Crippen MR) is 126 cm³/mol. The minimum absolute atomic E-state index is 0. The number of nitrogens with zero attached hydrogens (tertiary/aromatic N) is 3. The number of hydrogen-bond donors (Lipinski definition) is 1. The average molecular weight is 570 g/mol. The first kappa shape index (κ1) is 26.5. The molecule has 0 spiro atoms. The topological polar surface area (TPSA) is 66.4 Å². The number of esters is 1. The number of aliphatic imine (C=N–C) groups is 1. The van der Waals surface area contributed by atoms with Crippen LogP contribution in [0.5, 0.6) is 0 Å². The molecular weight excluding hydrogens is 540 g/mol. The van der Waals surface area contributed by atoms with Crippen LogP contribution in [0.3, 0.4) is 0 Å². The molecule has 2 atom stereocenters. The van der Waals surface area contributed by atoms with Crippen molar-refractivity contribution in [2.75, 3.05) is 58.5 Å². The lowest BCUT2D eigenvalue weighted by Crippen LogP contribution is -2.40. The van der Waals surface area contributed by atoms with Gasteiger partial charge in [-0.15, -0.1) is 24.0 Å². The molecule has 0 aliphatic carbocycles. The molecule has 0 aromatic heterocycles. The number of rotatable bonds is 4. The van der Waals surface area contributed by atoms with Gasteiger partial charge in [0.2, 0.25) is 0 Å². The molecule has 2 aliphatic heterocycles. The van der Waals surface area contributed by atoms with E-state index in [1.807, 2.05) is 16.7 Å². The van der Waals surface area contributed by atoms with Gasteiger partial charge in [-0.25, -0.2) is 0 Å². The highest BCUT2D eigenvalue weighted by Gasteiger charge is 2.37. The largest absolute Gasteiger partial charge is 0.469 e. The second kappa shape index (κ2) is 11.4. The number of likely N-dealkylation sites (tertiary alicyclic amines) is 1. The Balaban J connectivity index is 0.00000363. The van der Waals surface area contributed by atoms with E-state index in [0.29, 0.717) is 51.0 Å². The molecule has 0 radical (unpaired) electrons. The summed E-state index contributed by atoms with van der Waals surface area (Å²) in [5.74, 6) is -0.0567. The van der Waals surface area contributed by atoms with Gasteiger partial charge in [0.25, 0.3) is 0 Å².